The van der Waals surface area contributed by atoms with E-state index in [1.165, 1.54) is 7.11 Å². The lowest BCUT2D eigenvalue weighted by Gasteiger charge is -2.19. The number of fused-ring (bicyclic) bond motifs is 1. The third kappa shape index (κ3) is 2.16. The van der Waals surface area contributed by atoms with Crippen molar-refractivity contribution in [1.29, 1.82) is 0 Å². The Kier molecular flexibility index (Phi) is 3.22. The van der Waals surface area contributed by atoms with Gasteiger partial charge in [0.2, 0.25) is 5.91 Å². The van der Waals surface area contributed by atoms with Crippen molar-refractivity contribution in [1.82, 2.24) is 0 Å². The fourth-order valence-corrected chi connectivity index (χ4v) is 2.38. The SMILES string of the molecule is COC(=O)CCN1C(=O)C(C)(C)c2cc(N)ccc21. The molecule has 0 spiro atoms. The standard InChI is InChI=1S/C14H18N2O3/c1-14(2)10-8-9(15)4-5-11(10)16(13(14)18)7-6-12(17)19-3/h4-5,8H,6-7,15H2,1-3H3. The fourth-order valence-electron chi connectivity index (χ4n) is 2.38. The molecular formula is C14H18N2O3. The predicted octanol–water partition coefficient (Wildman–Crippen LogP) is 1.46. The number of methoxy groups -OCH3 is 1. The summed E-state index contributed by atoms with van der Waals surface area (Å²) in [5, 5.41) is 0. The zero-order valence-corrected chi connectivity index (χ0v) is 11.4. The molecule has 0 saturated carbocycles. The third-order valence-electron chi connectivity index (χ3n) is 3.53. The molecule has 2 N–H and O–H groups in total. The van der Waals surface area contributed by atoms with E-state index >= 15 is 0 Å². The summed E-state index contributed by atoms with van der Waals surface area (Å²) >= 11 is 0. The maximum absolute atomic E-state index is 12.4. The van der Waals surface area contributed by atoms with Crippen molar-refractivity contribution in [2.45, 2.75) is 25.7 Å². The Morgan fingerprint density at radius 3 is 2.74 bits per heavy atom. The van der Waals surface area contributed by atoms with Crippen LogP contribution in [0.15, 0.2) is 18.2 Å². The summed E-state index contributed by atoms with van der Waals surface area (Å²) in [5.74, 6) is -0.341. The number of benzene rings is 1. The Morgan fingerprint density at radius 2 is 2.11 bits per heavy atom. The van der Waals surface area contributed by atoms with Gasteiger partial charge in [0.05, 0.1) is 18.9 Å². The van der Waals surface area contributed by atoms with Crippen LogP contribution in [0.2, 0.25) is 0 Å². The van der Waals surface area contributed by atoms with E-state index < -0.39 is 5.41 Å². The van der Waals surface area contributed by atoms with E-state index in [-0.39, 0.29) is 18.3 Å². The van der Waals surface area contributed by atoms with E-state index in [1.54, 1.807) is 11.0 Å². The van der Waals surface area contributed by atoms with Crippen LogP contribution in [0, 0.1) is 0 Å². The van der Waals surface area contributed by atoms with Crippen LogP contribution in [0.5, 0.6) is 0 Å². The van der Waals surface area contributed by atoms with Gasteiger partial charge < -0.3 is 15.4 Å². The first-order chi connectivity index (χ1) is 8.87. The molecule has 0 atom stereocenters. The molecule has 0 aliphatic carbocycles. The maximum Gasteiger partial charge on any atom is 0.307 e. The number of nitrogen functional groups attached to an aromatic ring is 1. The van der Waals surface area contributed by atoms with Gasteiger partial charge in [0.15, 0.2) is 0 Å². The first-order valence-corrected chi connectivity index (χ1v) is 6.16. The lowest BCUT2D eigenvalue weighted by atomic mass is 9.86. The number of carbonyl (C=O) groups is 2. The fraction of sp³-hybridized carbons (Fsp3) is 0.429. The van der Waals surface area contributed by atoms with Crippen LogP contribution < -0.4 is 10.6 Å². The van der Waals surface area contributed by atoms with Crippen LogP contribution in [0.4, 0.5) is 11.4 Å². The van der Waals surface area contributed by atoms with E-state index in [0.29, 0.717) is 12.2 Å². The topological polar surface area (TPSA) is 72.6 Å². The second kappa shape index (κ2) is 4.57. The molecule has 5 heteroatoms. The lowest BCUT2D eigenvalue weighted by Crippen LogP contribution is -2.37. The minimum absolute atomic E-state index is 0.0167. The van der Waals surface area contributed by atoms with Crippen LogP contribution >= 0.6 is 0 Å². The van der Waals surface area contributed by atoms with Gasteiger partial charge in [0.25, 0.3) is 0 Å². The number of nitrogens with zero attached hydrogens (tertiary/aromatic N) is 1. The van der Waals surface area contributed by atoms with E-state index in [4.69, 9.17) is 5.73 Å². The Bertz CT molecular complexity index is 537. The van der Waals surface area contributed by atoms with Crippen LogP contribution in [0.3, 0.4) is 0 Å². The largest absolute Gasteiger partial charge is 0.469 e. The Hall–Kier alpha value is -2.04. The summed E-state index contributed by atoms with van der Waals surface area (Å²) in [6, 6.07) is 5.42. The van der Waals surface area contributed by atoms with Gasteiger partial charge >= 0.3 is 5.97 Å². The molecule has 1 amide bonds. The van der Waals surface area contributed by atoms with Crippen molar-refractivity contribution >= 4 is 23.3 Å². The molecule has 0 saturated heterocycles. The lowest BCUT2D eigenvalue weighted by molar-refractivity contribution is -0.140. The smallest absolute Gasteiger partial charge is 0.307 e. The average Bonchev–Trinajstić information content (AvgIpc) is 2.56. The minimum Gasteiger partial charge on any atom is -0.469 e. The molecular weight excluding hydrogens is 244 g/mol. The summed E-state index contributed by atoms with van der Waals surface area (Å²) in [7, 11) is 1.34. The minimum atomic E-state index is -0.610. The highest BCUT2D eigenvalue weighted by Crippen LogP contribution is 2.42. The maximum atomic E-state index is 12.4. The van der Waals surface area contributed by atoms with Gasteiger partial charge in [0.1, 0.15) is 0 Å². The van der Waals surface area contributed by atoms with E-state index in [2.05, 4.69) is 4.74 Å². The van der Waals surface area contributed by atoms with Crippen molar-refractivity contribution in [2.24, 2.45) is 0 Å². The summed E-state index contributed by atoms with van der Waals surface area (Å²) in [5.41, 5.74) is 7.54. The zero-order chi connectivity index (χ0) is 14.2. The van der Waals surface area contributed by atoms with E-state index in [9.17, 15) is 9.59 Å². The van der Waals surface area contributed by atoms with Gasteiger partial charge in [-0.05, 0) is 37.6 Å². The molecule has 0 bridgehead atoms. The molecule has 0 unspecified atom stereocenters. The van der Waals surface area contributed by atoms with Gasteiger partial charge in [-0.15, -0.1) is 0 Å². The molecule has 0 radical (unpaired) electrons. The highest BCUT2D eigenvalue weighted by Gasteiger charge is 2.43. The van der Waals surface area contributed by atoms with Crippen molar-refractivity contribution in [3.8, 4) is 0 Å². The number of hydrogen-bond donors (Lipinski definition) is 1. The monoisotopic (exact) mass is 262 g/mol. The molecule has 1 aromatic rings. The Balaban J connectivity index is 2.33. The quantitative estimate of drug-likeness (QED) is 0.661. The molecule has 5 nitrogen and oxygen atoms in total. The van der Waals surface area contributed by atoms with Crippen molar-refractivity contribution in [3.63, 3.8) is 0 Å². The molecule has 1 heterocycles. The molecule has 19 heavy (non-hydrogen) atoms. The summed E-state index contributed by atoms with van der Waals surface area (Å²) in [6.45, 7) is 4.06. The highest BCUT2D eigenvalue weighted by atomic mass is 16.5. The first-order valence-electron chi connectivity index (χ1n) is 6.16. The van der Waals surface area contributed by atoms with Crippen LogP contribution in [0.25, 0.3) is 0 Å². The average molecular weight is 262 g/mol. The second-order valence-electron chi connectivity index (χ2n) is 5.18. The molecule has 2 rings (SSSR count). The zero-order valence-electron chi connectivity index (χ0n) is 11.4. The van der Waals surface area contributed by atoms with Crippen LogP contribution in [-0.4, -0.2) is 25.5 Å². The molecule has 1 aromatic carbocycles. The number of nitrogens with two attached hydrogens (primary N) is 1. The number of rotatable bonds is 3. The van der Waals surface area contributed by atoms with Crippen molar-refractivity contribution in [3.05, 3.63) is 23.8 Å². The molecule has 102 valence electrons. The van der Waals surface area contributed by atoms with Gasteiger partial charge in [-0.3, -0.25) is 9.59 Å². The summed E-state index contributed by atoms with van der Waals surface area (Å²) < 4.78 is 4.61. The number of ether oxygens (including phenoxy) is 1. The molecule has 0 fully saturated rings. The number of carbonyl (C=O) groups excluding carboxylic acids is 2. The normalized spacial score (nSPS) is 16.4. The van der Waals surface area contributed by atoms with E-state index in [1.807, 2.05) is 26.0 Å². The Labute approximate surface area is 112 Å². The van der Waals surface area contributed by atoms with Gasteiger partial charge in [-0.1, -0.05) is 0 Å². The Morgan fingerprint density at radius 1 is 1.42 bits per heavy atom. The summed E-state index contributed by atoms with van der Waals surface area (Å²) in [4.78, 5) is 25.3. The van der Waals surface area contributed by atoms with E-state index in [0.717, 1.165) is 11.3 Å². The molecule has 1 aliphatic heterocycles. The second-order valence-corrected chi connectivity index (χ2v) is 5.18. The van der Waals surface area contributed by atoms with Crippen molar-refractivity contribution in [2.75, 3.05) is 24.3 Å². The van der Waals surface area contributed by atoms with Gasteiger partial charge in [-0.25, -0.2) is 0 Å². The number of hydrogen-bond acceptors (Lipinski definition) is 4. The number of esters is 1. The first kappa shape index (κ1) is 13.4. The highest BCUT2D eigenvalue weighted by molar-refractivity contribution is 6.08. The van der Waals surface area contributed by atoms with Gasteiger partial charge in [-0.2, -0.15) is 0 Å². The molecule has 1 aliphatic rings. The van der Waals surface area contributed by atoms with Gasteiger partial charge in [0, 0.05) is 17.9 Å². The molecule has 0 aromatic heterocycles. The van der Waals surface area contributed by atoms with Crippen molar-refractivity contribution < 1.29 is 14.3 Å². The predicted molar refractivity (Wildman–Crippen MR) is 72.9 cm³/mol. The third-order valence-corrected chi connectivity index (χ3v) is 3.53. The summed E-state index contributed by atoms with van der Waals surface area (Å²) in [6.07, 6.45) is 0.183. The number of anilines is 2. The number of amides is 1. The van der Waals surface area contributed by atoms with Crippen LogP contribution in [-0.2, 0) is 19.7 Å². The van der Waals surface area contributed by atoms with Crippen LogP contribution in [0.1, 0.15) is 25.8 Å².